The number of methoxy groups -OCH3 is 1. The molecular formula is C19H22N2O5S2. The van der Waals surface area contributed by atoms with Crippen LogP contribution in [0.25, 0.3) is 10.2 Å². The fourth-order valence-corrected chi connectivity index (χ4v) is 5.16. The Balaban J connectivity index is 1.74. The summed E-state index contributed by atoms with van der Waals surface area (Å²) < 4.78 is 41.2. The molecule has 0 spiro atoms. The Bertz CT molecular complexity index is 1130. The maximum atomic E-state index is 12.7. The SMILES string of the molecule is CCn1c(=O)sc2cc(S(=O)(=O)N[C@H](C)COc3ccccc3OC)ccc21. The Kier molecular flexibility index (Phi) is 6.07. The average molecular weight is 423 g/mol. The minimum atomic E-state index is -3.75. The minimum Gasteiger partial charge on any atom is -0.493 e. The Morgan fingerprint density at radius 1 is 1.18 bits per heavy atom. The highest BCUT2D eigenvalue weighted by molar-refractivity contribution is 7.89. The number of rotatable bonds is 8. The van der Waals surface area contributed by atoms with Crippen LogP contribution in [0.1, 0.15) is 13.8 Å². The van der Waals surface area contributed by atoms with Gasteiger partial charge in [-0.05, 0) is 44.2 Å². The maximum absolute atomic E-state index is 12.7. The summed E-state index contributed by atoms with van der Waals surface area (Å²) in [6.07, 6.45) is 0. The molecule has 0 aliphatic heterocycles. The van der Waals surface area contributed by atoms with E-state index in [0.29, 0.717) is 22.7 Å². The Morgan fingerprint density at radius 2 is 1.89 bits per heavy atom. The quantitative estimate of drug-likeness (QED) is 0.603. The number of nitrogens with one attached hydrogen (secondary N) is 1. The van der Waals surface area contributed by atoms with Gasteiger partial charge in [0.25, 0.3) is 0 Å². The van der Waals surface area contributed by atoms with Crippen LogP contribution in [0.5, 0.6) is 11.5 Å². The van der Waals surface area contributed by atoms with Crippen molar-refractivity contribution < 1.29 is 17.9 Å². The van der Waals surface area contributed by atoms with Crippen LogP contribution in [-0.2, 0) is 16.6 Å². The van der Waals surface area contributed by atoms with Crippen LogP contribution >= 0.6 is 11.3 Å². The van der Waals surface area contributed by atoms with Gasteiger partial charge in [0.05, 0.1) is 28.3 Å². The molecule has 1 aromatic heterocycles. The topological polar surface area (TPSA) is 86.6 Å². The smallest absolute Gasteiger partial charge is 0.308 e. The number of aryl methyl sites for hydroxylation is 1. The Hall–Kier alpha value is -2.36. The van der Waals surface area contributed by atoms with Crippen molar-refractivity contribution in [3.05, 3.63) is 52.1 Å². The molecule has 0 fully saturated rings. The summed E-state index contributed by atoms with van der Waals surface area (Å²) in [6, 6.07) is 11.4. The zero-order valence-electron chi connectivity index (χ0n) is 15.8. The van der Waals surface area contributed by atoms with Crippen LogP contribution in [0.4, 0.5) is 0 Å². The summed E-state index contributed by atoms with van der Waals surface area (Å²) in [6.45, 7) is 4.28. The van der Waals surface area contributed by atoms with E-state index in [1.807, 2.05) is 19.1 Å². The summed E-state index contributed by atoms with van der Waals surface area (Å²) in [7, 11) is -2.20. The number of hydrogen-bond acceptors (Lipinski definition) is 6. The molecule has 0 bridgehead atoms. The molecule has 0 saturated carbocycles. The van der Waals surface area contributed by atoms with Crippen molar-refractivity contribution in [1.82, 2.24) is 9.29 Å². The highest BCUT2D eigenvalue weighted by Gasteiger charge is 2.20. The maximum Gasteiger partial charge on any atom is 0.308 e. The second-order valence-electron chi connectivity index (χ2n) is 6.23. The molecule has 1 atom stereocenters. The molecule has 0 aliphatic rings. The minimum absolute atomic E-state index is 0.0985. The number of aromatic nitrogens is 1. The lowest BCUT2D eigenvalue weighted by atomic mass is 10.3. The molecule has 1 heterocycles. The predicted molar refractivity (Wildman–Crippen MR) is 110 cm³/mol. The van der Waals surface area contributed by atoms with Crippen molar-refractivity contribution in [2.24, 2.45) is 0 Å². The van der Waals surface area contributed by atoms with Gasteiger partial charge in [0, 0.05) is 6.54 Å². The van der Waals surface area contributed by atoms with Crippen molar-refractivity contribution in [3.8, 4) is 11.5 Å². The first-order chi connectivity index (χ1) is 13.4. The van der Waals surface area contributed by atoms with Gasteiger partial charge in [0.1, 0.15) is 6.61 Å². The van der Waals surface area contributed by atoms with E-state index in [0.717, 1.165) is 16.9 Å². The zero-order chi connectivity index (χ0) is 20.3. The molecule has 150 valence electrons. The molecule has 0 aliphatic carbocycles. The van der Waals surface area contributed by atoms with Crippen LogP contribution in [0.3, 0.4) is 0 Å². The first-order valence-corrected chi connectivity index (χ1v) is 11.1. The van der Waals surface area contributed by atoms with Gasteiger partial charge in [-0.3, -0.25) is 9.36 Å². The van der Waals surface area contributed by atoms with E-state index in [1.54, 1.807) is 36.8 Å². The van der Waals surface area contributed by atoms with Gasteiger partial charge < -0.3 is 9.47 Å². The normalized spacial score (nSPS) is 12.8. The van der Waals surface area contributed by atoms with Gasteiger partial charge in [-0.15, -0.1) is 0 Å². The summed E-state index contributed by atoms with van der Waals surface area (Å²) in [5.41, 5.74) is 0.740. The van der Waals surface area contributed by atoms with Gasteiger partial charge in [-0.25, -0.2) is 13.1 Å². The first kappa shape index (κ1) is 20.4. The molecule has 1 N–H and O–H groups in total. The zero-order valence-corrected chi connectivity index (χ0v) is 17.5. The molecule has 0 saturated heterocycles. The third kappa shape index (κ3) is 4.21. The number of nitrogens with zero attached hydrogens (tertiary/aromatic N) is 1. The number of hydrogen-bond donors (Lipinski definition) is 1. The average Bonchev–Trinajstić information content (AvgIpc) is 3.00. The van der Waals surface area contributed by atoms with Crippen molar-refractivity contribution in [3.63, 3.8) is 0 Å². The van der Waals surface area contributed by atoms with E-state index in [1.165, 1.54) is 12.1 Å². The van der Waals surface area contributed by atoms with Gasteiger partial charge in [-0.2, -0.15) is 0 Å². The molecule has 2 aromatic carbocycles. The van der Waals surface area contributed by atoms with Crippen molar-refractivity contribution >= 4 is 31.6 Å². The lowest BCUT2D eigenvalue weighted by Gasteiger charge is -2.16. The number of benzene rings is 2. The van der Waals surface area contributed by atoms with Gasteiger partial charge in [0.2, 0.25) is 10.0 Å². The molecule has 3 rings (SSSR count). The van der Waals surface area contributed by atoms with Crippen LogP contribution in [-0.4, -0.2) is 32.7 Å². The molecule has 0 amide bonds. The molecule has 9 heteroatoms. The lowest BCUT2D eigenvalue weighted by molar-refractivity contribution is 0.271. The van der Waals surface area contributed by atoms with Crippen molar-refractivity contribution in [1.29, 1.82) is 0 Å². The summed E-state index contributed by atoms with van der Waals surface area (Å²) in [4.78, 5) is 12.0. The lowest BCUT2D eigenvalue weighted by Crippen LogP contribution is -2.36. The highest BCUT2D eigenvalue weighted by atomic mass is 32.2. The first-order valence-electron chi connectivity index (χ1n) is 8.77. The summed E-state index contributed by atoms with van der Waals surface area (Å²) in [5, 5.41) is 0. The molecular weight excluding hydrogens is 400 g/mol. The van der Waals surface area contributed by atoms with Crippen LogP contribution in [0, 0.1) is 0 Å². The number of fused-ring (bicyclic) bond motifs is 1. The standard InChI is InChI=1S/C19H22N2O5S2/c1-4-21-15-10-9-14(11-18(15)27-19(21)22)28(23,24)20-13(2)12-26-17-8-6-5-7-16(17)25-3/h5-11,13,20H,4,12H2,1-3H3/t13-/m1/s1. The van der Waals surface area contributed by atoms with Crippen molar-refractivity contribution in [2.45, 2.75) is 31.3 Å². The number of ether oxygens (including phenoxy) is 2. The Labute approximate surface area is 167 Å². The summed E-state index contributed by atoms with van der Waals surface area (Å²) in [5.74, 6) is 1.13. The van der Waals surface area contributed by atoms with Crippen LogP contribution in [0.15, 0.2) is 52.2 Å². The fourth-order valence-electron chi connectivity index (χ4n) is 2.83. The monoisotopic (exact) mass is 422 g/mol. The van der Waals surface area contributed by atoms with Crippen LogP contribution in [0.2, 0.25) is 0 Å². The molecule has 3 aromatic rings. The van der Waals surface area contributed by atoms with E-state index in [4.69, 9.17) is 9.47 Å². The van der Waals surface area contributed by atoms with E-state index < -0.39 is 16.1 Å². The van der Waals surface area contributed by atoms with Crippen molar-refractivity contribution in [2.75, 3.05) is 13.7 Å². The third-order valence-electron chi connectivity index (χ3n) is 4.18. The molecule has 7 nitrogen and oxygen atoms in total. The van der Waals surface area contributed by atoms with Crippen LogP contribution < -0.4 is 19.1 Å². The second kappa shape index (κ2) is 8.34. The predicted octanol–water partition coefficient (Wildman–Crippen LogP) is 2.84. The highest BCUT2D eigenvalue weighted by Crippen LogP contribution is 2.26. The second-order valence-corrected chi connectivity index (χ2v) is 8.93. The number of sulfonamides is 1. The van der Waals surface area contributed by atoms with E-state index >= 15 is 0 Å². The van der Waals surface area contributed by atoms with Gasteiger partial charge >= 0.3 is 4.87 Å². The van der Waals surface area contributed by atoms with E-state index in [9.17, 15) is 13.2 Å². The van der Waals surface area contributed by atoms with E-state index in [2.05, 4.69) is 4.72 Å². The third-order valence-corrected chi connectivity index (χ3v) is 6.71. The number of para-hydroxylation sites is 2. The fraction of sp³-hybridized carbons (Fsp3) is 0.316. The van der Waals surface area contributed by atoms with E-state index in [-0.39, 0.29) is 16.4 Å². The van der Waals surface area contributed by atoms with Gasteiger partial charge in [0.15, 0.2) is 11.5 Å². The molecule has 0 unspecified atom stereocenters. The summed E-state index contributed by atoms with van der Waals surface area (Å²) >= 11 is 1.04. The molecule has 28 heavy (non-hydrogen) atoms. The molecule has 0 radical (unpaired) electrons. The van der Waals surface area contributed by atoms with Gasteiger partial charge in [-0.1, -0.05) is 23.5 Å². The Morgan fingerprint density at radius 3 is 2.57 bits per heavy atom. The largest absolute Gasteiger partial charge is 0.493 e. The number of thiazole rings is 1.